The molecule has 0 aliphatic heterocycles. The highest BCUT2D eigenvalue weighted by molar-refractivity contribution is 5.67. The zero-order valence-corrected chi connectivity index (χ0v) is 10.4. The van der Waals surface area contributed by atoms with Gasteiger partial charge in [0.15, 0.2) is 0 Å². The predicted octanol–water partition coefficient (Wildman–Crippen LogP) is 1.59. The van der Waals surface area contributed by atoms with Crippen LogP contribution in [0.1, 0.15) is 25.7 Å². The number of aliphatic hydroxyl groups excluding tert-OH is 1. The molecular weight excluding hydrogens is 267 g/mol. The number of ether oxygens (including phenoxy) is 2. The fraction of sp³-hybridized carbons (Fsp3) is 0.909. The van der Waals surface area contributed by atoms with Crippen LogP contribution in [0.2, 0.25) is 0 Å². The van der Waals surface area contributed by atoms with Crippen molar-refractivity contribution in [1.29, 1.82) is 0 Å². The molecule has 2 N–H and O–H groups in total. The molecule has 0 bridgehead atoms. The van der Waals surface area contributed by atoms with Gasteiger partial charge >= 0.3 is 12.3 Å². The third-order valence-electron chi connectivity index (χ3n) is 2.76. The van der Waals surface area contributed by atoms with Crippen molar-refractivity contribution in [1.82, 2.24) is 5.32 Å². The van der Waals surface area contributed by atoms with E-state index in [2.05, 4.69) is 10.1 Å². The van der Waals surface area contributed by atoms with Crippen LogP contribution in [0, 0.1) is 0 Å². The Morgan fingerprint density at radius 2 is 2.11 bits per heavy atom. The maximum absolute atomic E-state index is 12.0. The molecule has 0 aromatic carbocycles. The van der Waals surface area contributed by atoms with E-state index in [1.54, 1.807) is 0 Å². The Bertz CT molecular complexity index is 286. The van der Waals surface area contributed by atoms with Gasteiger partial charge in [-0.15, -0.1) is 0 Å². The molecular formula is C11H18F3NO4. The standard InChI is InChI=1S/C11H18F3NO4/c12-11(13,14)7-19-9-3-1-2-8(6-9)15-10(17)18-5-4-16/h8-9,16H,1-7H2,(H,15,17). The first-order chi connectivity index (χ1) is 8.90. The highest BCUT2D eigenvalue weighted by Gasteiger charge is 2.31. The molecule has 0 heterocycles. The number of rotatable bonds is 5. The van der Waals surface area contributed by atoms with E-state index in [1.165, 1.54) is 0 Å². The lowest BCUT2D eigenvalue weighted by Crippen LogP contribution is -2.41. The minimum Gasteiger partial charge on any atom is -0.447 e. The molecule has 0 saturated heterocycles. The average Bonchev–Trinajstić information content (AvgIpc) is 2.33. The molecule has 0 radical (unpaired) electrons. The van der Waals surface area contributed by atoms with Crippen molar-refractivity contribution >= 4 is 6.09 Å². The first-order valence-electron chi connectivity index (χ1n) is 6.13. The van der Waals surface area contributed by atoms with Gasteiger partial charge in [0, 0.05) is 6.04 Å². The number of hydrogen-bond acceptors (Lipinski definition) is 4. The number of hydrogen-bond donors (Lipinski definition) is 2. The van der Waals surface area contributed by atoms with E-state index in [4.69, 9.17) is 9.84 Å². The lowest BCUT2D eigenvalue weighted by Gasteiger charge is -2.29. The van der Waals surface area contributed by atoms with Crippen LogP contribution in [0.5, 0.6) is 0 Å². The monoisotopic (exact) mass is 285 g/mol. The molecule has 0 aromatic heterocycles. The van der Waals surface area contributed by atoms with Crippen LogP contribution in [-0.4, -0.2) is 49.3 Å². The van der Waals surface area contributed by atoms with E-state index in [0.717, 1.165) is 0 Å². The zero-order valence-electron chi connectivity index (χ0n) is 10.4. The van der Waals surface area contributed by atoms with Crippen molar-refractivity contribution in [2.24, 2.45) is 0 Å². The Hall–Kier alpha value is -1.02. The Morgan fingerprint density at radius 1 is 1.37 bits per heavy atom. The second-order valence-electron chi connectivity index (χ2n) is 4.42. The van der Waals surface area contributed by atoms with Gasteiger partial charge in [0.05, 0.1) is 12.7 Å². The Labute approximate surface area is 109 Å². The summed E-state index contributed by atoms with van der Waals surface area (Å²) in [6, 6.07) is -0.252. The summed E-state index contributed by atoms with van der Waals surface area (Å²) in [5.74, 6) is 0. The fourth-order valence-electron chi connectivity index (χ4n) is 1.99. The lowest BCUT2D eigenvalue weighted by atomic mass is 9.93. The number of alkyl carbamates (subject to hydrolysis) is 1. The number of aliphatic hydroxyl groups is 1. The quantitative estimate of drug-likeness (QED) is 0.805. The summed E-state index contributed by atoms with van der Waals surface area (Å²) >= 11 is 0. The van der Waals surface area contributed by atoms with Crippen LogP contribution >= 0.6 is 0 Å². The number of carbonyl (C=O) groups excluding carboxylic acids is 1. The first-order valence-corrected chi connectivity index (χ1v) is 6.13. The highest BCUT2D eigenvalue weighted by Crippen LogP contribution is 2.24. The summed E-state index contributed by atoms with van der Waals surface area (Å²) in [6.07, 6.45) is -3.24. The molecule has 8 heteroatoms. The van der Waals surface area contributed by atoms with Gasteiger partial charge in [0.25, 0.3) is 0 Å². The highest BCUT2D eigenvalue weighted by atomic mass is 19.4. The smallest absolute Gasteiger partial charge is 0.411 e. The van der Waals surface area contributed by atoms with Crippen molar-refractivity contribution in [3.8, 4) is 0 Å². The molecule has 1 rings (SSSR count). The molecule has 1 amide bonds. The van der Waals surface area contributed by atoms with E-state index in [9.17, 15) is 18.0 Å². The third-order valence-corrected chi connectivity index (χ3v) is 2.76. The van der Waals surface area contributed by atoms with Gasteiger partial charge < -0.3 is 19.9 Å². The number of alkyl halides is 3. The van der Waals surface area contributed by atoms with Crippen molar-refractivity contribution in [3.63, 3.8) is 0 Å². The second kappa shape index (κ2) is 7.54. The first kappa shape index (κ1) is 16.0. The van der Waals surface area contributed by atoms with Gasteiger partial charge in [0.1, 0.15) is 13.2 Å². The van der Waals surface area contributed by atoms with Gasteiger partial charge in [-0.25, -0.2) is 4.79 Å². The number of halogens is 3. The van der Waals surface area contributed by atoms with Crippen LogP contribution in [0.4, 0.5) is 18.0 Å². The molecule has 1 saturated carbocycles. The Balaban J connectivity index is 2.27. The Kier molecular flexibility index (Phi) is 6.36. The van der Waals surface area contributed by atoms with Crippen molar-refractivity contribution in [3.05, 3.63) is 0 Å². The van der Waals surface area contributed by atoms with Gasteiger partial charge in [-0.3, -0.25) is 0 Å². The van der Waals surface area contributed by atoms with Gasteiger partial charge in [-0.2, -0.15) is 13.2 Å². The fourth-order valence-corrected chi connectivity index (χ4v) is 1.99. The van der Waals surface area contributed by atoms with E-state index in [0.29, 0.717) is 25.7 Å². The topological polar surface area (TPSA) is 67.8 Å². The SMILES string of the molecule is O=C(NC1CCCC(OCC(F)(F)F)C1)OCCO. The average molecular weight is 285 g/mol. The summed E-state index contributed by atoms with van der Waals surface area (Å²) in [5.41, 5.74) is 0. The number of carbonyl (C=O) groups is 1. The third kappa shape index (κ3) is 7.22. The van der Waals surface area contributed by atoms with Crippen LogP contribution in [0.15, 0.2) is 0 Å². The Morgan fingerprint density at radius 3 is 2.74 bits per heavy atom. The van der Waals surface area contributed by atoms with Gasteiger partial charge in [-0.05, 0) is 25.7 Å². The van der Waals surface area contributed by atoms with E-state index in [-0.39, 0.29) is 19.3 Å². The second-order valence-corrected chi connectivity index (χ2v) is 4.42. The lowest BCUT2D eigenvalue weighted by molar-refractivity contribution is -0.188. The molecule has 19 heavy (non-hydrogen) atoms. The molecule has 112 valence electrons. The molecule has 2 unspecified atom stereocenters. The predicted molar refractivity (Wildman–Crippen MR) is 59.6 cm³/mol. The molecule has 2 atom stereocenters. The normalized spacial score (nSPS) is 24.0. The maximum Gasteiger partial charge on any atom is 0.411 e. The minimum atomic E-state index is -4.33. The summed E-state index contributed by atoms with van der Waals surface area (Å²) in [4.78, 5) is 11.2. The number of nitrogens with one attached hydrogen (secondary N) is 1. The van der Waals surface area contributed by atoms with Crippen LogP contribution in [0.3, 0.4) is 0 Å². The van der Waals surface area contributed by atoms with E-state index < -0.39 is 25.0 Å². The van der Waals surface area contributed by atoms with Crippen molar-refractivity contribution in [2.75, 3.05) is 19.8 Å². The van der Waals surface area contributed by atoms with Crippen LogP contribution < -0.4 is 5.32 Å². The van der Waals surface area contributed by atoms with Crippen LogP contribution in [0.25, 0.3) is 0 Å². The maximum atomic E-state index is 12.0. The van der Waals surface area contributed by atoms with Crippen LogP contribution in [-0.2, 0) is 9.47 Å². The molecule has 0 aromatic rings. The summed E-state index contributed by atoms with van der Waals surface area (Å²) in [5, 5.41) is 11.0. The molecule has 1 fully saturated rings. The van der Waals surface area contributed by atoms with E-state index in [1.807, 2.05) is 0 Å². The van der Waals surface area contributed by atoms with Crippen molar-refractivity contribution < 1.29 is 32.5 Å². The number of amides is 1. The molecule has 5 nitrogen and oxygen atoms in total. The molecule has 0 spiro atoms. The summed E-state index contributed by atoms with van der Waals surface area (Å²) in [7, 11) is 0. The van der Waals surface area contributed by atoms with E-state index >= 15 is 0 Å². The van der Waals surface area contributed by atoms with Crippen molar-refractivity contribution in [2.45, 2.75) is 44.0 Å². The summed E-state index contributed by atoms with van der Waals surface area (Å²) < 4.78 is 45.5. The largest absolute Gasteiger partial charge is 0.447 e. The molecule has 1 aliphatic rings. The molecule has 1 aliphatic carbocycles. The van der Waals surface area contributed by atoms with Gasteiger partial charge in [-0.1, -0.05) is 0 Å². The minimum absolute atomic E-state index is 0.105. The zero-order chi connectivity index (χ0) is 14.3. The van der Waals surface area contributed by atoms with Gasteiger partial charge in [0.2, 0.25) is 0 Å². The summed E-state index contributed by atoms with van der Waals surface area (Å²) in [6.45, 7) is -1.64.